The topological polar surface area (TPSA) is 38.5 Å². The monoisotopic (exact) mass is 220 g/mol. The Morgan fingerprint density at radius 3 is 2.81 bits per heavy atom. The molecule has 1 aromatic carbocycles. The second kappa shape index (κ2) is 4.34. The third-order valence-electron chi connectivity index (χ3n) is 3.19. The van der Waals surface area contributed by atoms with Gasteiger partial charge in [0.25, 0.3) is 0 Å². The Balaban J connectivity index is 2.24. The number of aryl methyl sites for hydroxylation is 1. The third-order valence-corrected chi connectivity index (χ3v) is 3.19. The number of morpholine rings is 1. The molecule has 1 aliphatic heterocycles. The Bertz CT molecular complexity index is 378. The molecule has 88 valence electrons. The first kappa shape index (κ1) is 11.3. The number of rotatable bonds is 1. The van der Waals surface area contributed by atoms with Crippen molar-refractivity contribution in [2.45, 2.75) is 32.9 Å². The van der Waals surface area contributed by atoms with Crippen molar-refractivity contribution in [3.8, 4) is 0 Å². The van der Waals surface area contributed by atoms with Crippen LogP contribution in [0.1, 0.15) is 19.4 Å². The van der Waals surface area contributed by atoms with E-state index in [1.807, 2.05) is 13.0 Å². The van der Waals surface area contributed by atoms with Crippen molar-refractivity contribution in [1.29, 1.82) is 0 Å². The van der Waals surface area contributed by atoms with Crippen molar-refractivity contribution in [1.82, 2.24) is 0 Å². The molecular weight excluding hydrogens is 200 g/mol. The van der Waals surface area contributed by atoms with Crippen LogP contribution in [0.2, 0.25) is 0 Å². The maximum absolute atomic E-state index is 5.84. The second-order valence-electron chi connectivity index (χ2n) is 4.69. The molecule has 0 bridgehead atoms. The maximum Gasteiger partial charge on any atom is 0.0723 e. The number of hydrogen-bond acceptors (Lipinski definition) is 3. The molecule has 0 radical (unpaired) electrons. The van der Waals surface area contributed by atoms with Gasteiger partial charge in [-0.25, -0.2) is 0 Å². The molecule has 2 rings (SSSR count). The first-order valence-electron chi connectivity index (χ1n) is 5.82. The molecule has 1 heterocycles. The zero-order valence-corrected chi connectivity index (χ0v) is 10.2. The fraction of sp³-hybridized carbons (Fsp3) is 0.538. The lowest BCUT2D eigenvalue weighted by molar-refractivity contribution is 0.0344. The van der Waals surface area contributed by atoms with Gasteiger partial charge in [0, 0.05) is 24.0 Å². The quantitative estimate of drug-likeness (QED) is 0.737. The molecule has 0 spiro atoms. The minimum atomic E-state index is 0.300. The first-order valence-corrected chi connectivity index (χ1v) is 5.82. The molecule has 1 fully saturated rings. The number of benzene rings is 1. The molecule has 2 atom stereocenters. The van der Waals surface area contributed by atoms with Gasteiger partial charge in [-0.3, -0.25) is 0 Å². The van der Waals surface area contributed by atoms with Gasteiger partial charge in [0.15, 0.2) is 0 Å². The van der Waals surface area contributed by atoms with Crippen LogP contribution >= 0.6 is 0 Å². The van der Waals surface area contributed by atoms with E-state index in [2.05, 4.69) is 30.9 Å². The molecule has 3 nitrogen and oxygen atoms in total. The van der Waals surface area contributed by atoms with Crippen LogP contribution in [0.25, 0.3) is 0 Å². The van der Waals surface area contributed by atoms with Gasteiger partial charge in [-0.15, -0.1) is 0 Å². The van der Waals surface area contributed by atoms with Crippen LogP contribution in [0.5, 0.6) is 0 Å². The van der Waals surface area contributed by atoms with Gasteiger partial charge >= 0.3 is 0 Å². The molecule has 2 N–H and O–H groups in total. The Labute approximate surface area is 97.2 Å². The molecule has 1 aromatic rings. The summed E-state index contributed by atoms with van der Waals surface area (Å²) in [6.45, 7) is 8.10. The number of nitrogens with zero attached hydrogens (tertiary/aromatic N) is 1. The van der Waals surface area contributed by atoms with Crippen LogP contribution in [0.3, 0.4) is 0 Å². The van der Waals surface area contributed by atoms with E-state index in [-0.39, 0.29) is 0 Å². The Morgan fingerprint density at radius 2 is 2.12 bits per heavy atom. The highest BCUT2D eigenvalue weighted by atomic mass is 16.5. The largest absolute Gasteiger partial charge is 0.399 e. The van der Waals surface area contributed by atoms with E-state index in [1.165, 1.54) is 5.69 Å². The van der Waals surface area contributed by atoms with E-state index in [9.17, 15) is 0 Å². The van der Waals surface area contributed by atoms with Gasteiger partial charge in [-0.2, -0.15) is 0 Å². The van der Waals surface area contributed by atoms with Crippen molar-refractivity contribution in [3.05, 3.63) is 23.8 Å². The van der Waals surface area contributed by atoms with Gasteiger partial charge in [0.2, 0.25) is 0 Å². The van der Waals surface area contributed by atoms with Crippen LogP contribution in [0.4, 0.5) is 11.4 Å². The van der Waals surface area contributed by atoms with Crippen LogP contribution < -0.4 is 10.6 Å². The van der Waals surface area contributed by atoms with Crippen LogP contribution in [0, 0.1) is 6.92 Å². The minimum Gasteiger partial charge on any atom is -0.399 e. The normalized spacial score (nSPS) is 25.8. The van der Waals surface area contributed by atoms with E-state index >= 15 is 0 Å². The van der Waals surface area contributed by atoms with Crippen molar-refractivity contribution in [2.24, 2.45) is 0 Å². The number of nitrogens with two attached hydrogens (primary N) is 1. The van der Waals surface area contributed by atoms with Gasteiger partial charge in [-0.1, -0.05) is 0 Å². The van der Waals surface area contributed by atoms with Crippen molar-refractivity contribution < 1.29 is 4.74 Å². The summed E-state index contributed by atoms with van der Waals surface area (Å²) in [5.41, 5.74) is 9.08. The van der Waals surface area contributed by atoms with Crippen LogP contribution in [0.15, 0.2) is 18.2 Å². The van der Waals surface area contributed by atoms with E-state index in [4.69, 9.17) is 10.5 Å². The van der Waals surface area contributed by atoms with Crippen molar-refractivity contribution >= 4 is 11.4 Å². The van der Waals surface area contributed by atoms with Gasteiger partial charge < -0.3 is 15.4 Å². The number of anilines is 2. The van der Waals surface area contributed by atoms with E-state index in [0.717, 1.165) is 24.4 Å². The fourth-order valence-corrected chi connectivity index (χ4v) is 2.10. The lowest BCUT2D eigenvalue weighted by Gasteiger charge is -2.38. The molecule has 0 aliphatic carbocycles. The molecule has 0 saturated carbocycles. The molecule has 0 amide bonds. The van der Waals surface area contributed by atoms with Crippen LogP contribution in [-0.4, -0.2) is 25.3 Å². The second-order valence-corrected chi connectivity index (χ2v) is 4.69. The van der Waals surface area contributed by atoms with Crippen molar-refractivity contribution in [3.63, 3.8) is 0 Å². The summed E-state index contributed by atoms with van der Waals surface area (Å²) in [6, 6.07) is 6.66. The molecule has 2 unspecified atom stereocenters. The number of ether oxygens (including phenoxy) is 1. The highest BCUT2D eigenvalue weighted by Gasteiger charge is 2.23. The maximum atomic E-state index is 5.84. The Morgan fingerprint density at radius 1 is 1.38 bits per heavy atom. The minimum absolute atomic E-state index is 0.300. The molecule has 0 aromatic heterocycles. The lowest BCUT2D eigenvalue weighted by Crippen LogP contribution is -2.47. The Kier molecular flexibility index (Phi) is 3.06. The summed E-state index contributed by atoms with van der Waals surface area (Å²) in [4.78, 5) is 2.39. The molecule has 16 heavy (non-hydrogen) atoms. The van der Waals surface area contributed by atoms with E-state index in [1.54, 1.807) is 0 Å². The van der Waals surface area contributed by atoms with E-state index in [0.29, 0.717) is 12.1 Å². The molecular formula is C13H20N2O. The summed E-state index contributed by atoms with van der Waals surface area (Å²) in [5.74, 6) is 0. The highest BCUT2D eigenvalue weighted by molar-refractivity contribution is 5.58. The summed E-state index contributed by atoms with van der Waals surface area (Å²) in [5, 5.41) is 0. The highest BCUT2D eigenvalue weighted by Crippen LogP contribution is 2.25. The average Bonchev–Trinajstić information content (AvgIpc) is 2.26. The summed E-state index contributed by atoms with van der Waals surface area (Å²) < 4.78 is 5.63. The molecule has 1 saturated heterocycles. The number of hydrogen-bond donors (Lipinski definition) is 1. The third kappa shape index (κ3) is 2.14. The predicted octanol–water partition coefficient (Wildman–Crippen LogP) is 2.19. The summed E-state index contributed by atoms with van der Waals surface area (Å²) in [7, 11) is 0. The lowest BCUT2D eigenvalue weighted by atomic mass is 10.1. The average molecular weight is 220 g/mol. The van der Waals surface area contributed by atoms with Crippen molar-refractivity contribution in [2.75, 3.05) is 23.8 Å². The van der Waals surface area contributed by atoms with Crippen LogP contribution in [-0.2, 0) is 4.74 Å². The SMILES string of the molecule is Cc1cc(N2CC(C)OCC2C)ccc1N. The van der Waals surface area contributed by atoms with Gasteiger partial charge in [-0.05, 0) is 44.5 Å². The fourth-order valence-electron chi connectivity index (χ4n) is 2.10. The predicted molar refractivity (Wildman–Crippen MR) is 67.8 cm³/mol. The zero-order valence-electron chi connectivity index (χ0n) is 10.2. The molecule has 1 aliphatic rings. The standard InChI is InChI=1S/C13H20N2O/c1-9-6-12(4-5-13(9)14)15-7-11(3)16-8-10(15)2/h4-6,10-11H,7-8,14H2,1-3H3. The number of nitrogen functional groups attached to an aromatic ring is 1. The summed E-state index contributed by atoms with van der Waals surface area (Å²) >= 11 is 0. The smallest absolute Gasteiger partial charge is 0.0723 e. The first-order chi connectivity index (χ1) is 7.58. The van der Waals surface area contributed by atoms with E-state index < -0.39 is 0 Å². The zero-order chi connectivity index (χ0) is 11.7. The van der Waals surface area contributed by atoms with Gasteiger partial charge in [0.1, 0.15) is 0 Å². The summed E-state index contributed by atoms with van der Waals surface area (Å²) in [6.07, 6.45) is 0.300. The molecule has 3 heteroatoms. The van der Waals surface area contributed by atoms with Gasteiger partial charge in [0.05, 0.1) is 12.7 Å². The Hall–Kier alpha value is -1.22.